The molecule has 0 saturated heterocycles. The molecule has 32 heavy (non-hydrogen) atoms. The number of hydrogen-bond donors (Lipinski definition) is 1. The first kappa shape index (κ1) is 22.6. The van der Waals surface area contributed by atoms with E-state index in [-0.39, 0.29) is 6.10 Å². The molecule has 1 fully saturated rings. The maximum absolute atomic E-state index is 10.6. The van der Waals surface area contributed by atoms with Gasteiger partial charge in [-0.15, -0.1) is 0 Å². The molecule has 1 aliphatic rings. The number of nitrogens with zero attached hydrogens (tertiary/aromatic N) is 3. The number of hydrogen-bond acceptors (Lipinski definition) is 4. The SMILES string of the molecule is CCCCC(O)CN(Cc1c(C)nn(-c2ccccc2)c1Oc1cccc(C)c1)C1CC1. The van der Waals surface area contributed by atoms with Gasteiger partial charge in [-0.05, 0) is 62.9 Å². The van der Waals surface area contributed by atoms with Crippen LogP contribution in [0.5, 0.6) is 11.6 Å². The molecular formula is C27H35N3O2. The topological polar surface area (TPSA) is 50.5 Å². The lowest BCUT2D eigenvalue weighted by atomic mass is 10.1. The fourth-order valence-electron chi connectivity index (χ4n) is 4.15. The molecule has 1 saturated carbocycles. The Morgan fingerprint density at radius 1 is 1.12 bits per heavy atom. The van der Waals surface area contributed by atoms with Gasteiger partial charge in [0.25, 0.3) is 0 Å². The molecule has 5 nitrogen and oxygen atoms in total. The van der Waals surface area contributed by atoms with Crippen molar-refractivity contribution >= 4 is 0 Å². The van der Waals surface area contributed by atoms with Crippen LogP contribution in [0.25, 0.3) is 5.69 Å². The predicted octanol–water partition coefficient (Wildman–Crippen LogP) is 5.80. The molecule has 1 aromatic heterocycles. The van der Waals surface area contributed by atoms with E-state index >= 15 is 0 Å². The number of aliphatic hydroxyl groups is 1. The van der Waals surface area contributed by atoms with Crippen LogP contribution in [0.1, 0.15) is 55.8 Å². The summed E-state index contributed by atoms with van der Waals surface area (Å²) < 4.78 is 8.39. The molecule has 1 heterocycles. The molecule has 0 radical (unpaired) electrons. The number of rotatable bonds is 11. The Bertz CT molecular complexity index is 1010. The first-order valence-electron chi connectivity index (χ1n) is 11.9. The van der Waals surface area contributed by atoms with Crippen molar-refractivity contribution in [3.63, 3.8) is 0 Å². The Hall–Kier alpha value is -2.63. The Kier molecular flexibility index (Phi) is 7.28. The van der Waals surface area contributed by atoms with Gasteiger partial charge < -0.3 is 9.84 Å². The second kappa shape index (κ2) is 10.3. The van der Waals surface area contributed by atoms with Gasteiger partial charge in [0.1, 0.15) is 5.75 Å². The van der Waals surface area contributed by atoms with Crippen LogP contribution >= 0.6 is 0 Å². The quantitative estimate of drug-likeness (QED) is 0.415. The van der Waals surface area contributed by atoms with Crippen molar-refractivity contribution in [2.75, 3.05) is 6.54 Å². The third-order valence-corrected chi connectivity index (χ3v) is 6.10. The van der Waals surface area contributed by atoms with Gasteiger partial charge in [-0.1, -0.05) is 50.1 Å². The van der Waals surface area contributed by atoms with Gasteiger partial charge in [-0.2, -0.15) is 5.10 Å². The molecule has 0 bridgehead atoms. The maximum Gasteiger partial charge on any atom is 0.227 e. The smallest absolute Gasteiger partial charge is 0.227 e. The zero-order chi connectivity index (χ0) is 22.5. The summed E-state index contributed by atoms with van der Waals surface area (Å²) in [7, 11) is 0. The molecule has 3 aromatic rings. The van der Waals surface area contributed by atoms with Crippen molar-refractivity contribution in [1.29, 1.82) is 0 Å². The molecular weight excluding hydrogens is 398 g/mol. The molecule has 1 N–H and O–H groups in total. The summed E-state index contributed by atoms with van der Waals surface area (Å²) in [6, 6.07) is 18.8. The monoisotopic (exact) mass is 433 g/mol. The summed E-state index contributed by atoms with van der Waals surface area (Å²) in [5.74, 6) is 1.57. The van der Waals surface area contributed by atoms with Crippen LogP contribution in [0.3, 0.4) is 0 Å². The number of para-hydroxylation sites is 1. The van der Waals surface area contributed by atoms with Crippen LogP contribution in [-0.4, -0.2) is 38.5 Å². The molecule has 5 heteroatoms. The second-order valence-corrected chi connectivity index (χ2v) is 8.99. The third-order valence-electron chi connectivity index (χ3n) is 6.10. The molecule has 0 aliphatic heterocycles. The van der Waals surface area contributed by atoms with E-state index in [0.717, 1.165) is 59.9 Å². The fraction of sp³-hybridized carbons (Fsp3) is 0.444. The third kappa shape index (κ3) is 5.59. The van der Waals surface area contributed by atoms with Gasteiger partial charge in [0.2, 0.25) is 5.88 Å². The van der Waals surface area contributed by atoms with E-state index in [0.29, 0.717) is 12.6 Å². The minimum Gasteiger partial charge on any atom is -0.439 e. The first-order chi connectivity index (χ1) is 15.5. The van der Waals surface area contributed by atoms with Crippen LogP contribution in [0, 0.1) is 13.8 Å². The largest absolute Gasteiger partial charge is 0.439 e. The van der Waals surface area contributed by atoms with Crippen LogP contribution in [-0.2, 0) is 6.54 Å². The van der Waals surface area contributed by atoms with Crippen molar-refractivity contribution < 1.29 is 9.84 Å². The number of unbranched alkanes of at least 4 members (excludes halogenated alkanes) is 1. The highest BCUT2D eigenvalue weighted by atomic mass is 16.5. The summed E-state index contributed by atoms with van der Waals surface area (Å²) in [5, 5.41) is 15.5. The molecule has 4 rings (SSSR count). The van der Waals surface area contributed by atoms with E-state index in [1.165, 1.54) is 12.8 Å². The van der Waals surface area contributed by atoms with Crippen LogP contribution in [0.15, 0.2) is 54.6 Å². The maximum atomic E-state index is 10.6. The lowest BCUT2D eigenvalue weighted by molar-refractivity contribution is 0.0949. The van der Waals surface area contributed by atoms with Crippen molar-refractivity contribution in [2.24, 2.45) is 0 Å². The first-order valence-corrected chi connectivity index (χ1v) is 11.9. The summed E-state index contributed by atoms with van der Waals surface area (Å²) in [5.41, 5.74) is 4.19. The van der Waals surface area contributed by atoms with Gasteiger partial charge in [0.05, 0.1) is 23.0 Å². The van der Waals surface area contributed by atoms with Gasteiger partial charge in [-0.25, -0.2) is 4.68 Å². The molecule has 1 atom stereocenters. The summed E-state index contributed by atoms with van der Waals surface area (Å²) in [6.45, 7) is 7.72. The number of benzene rings is 2. The minimum atomic E-state index is -0.291. The number of aryl methyl sites for hydroxylation is 2. The molecule has 0 amide bonds. The second-order valence-electron chi connectivity index (χ2n) is 8.99. The highest BCUT2D eigenvalue weighted by molar-refractivity contribution is 5.43. The van der Waals surface area contributed by atoms with Crippen LogP contribution < -0.4 is 4.74 Å². The Balaban J connectivity index is 1.66. The van der Waals surface area contributed by atoms with E-state index in [4.69, 9.17) is 9.84 Å². The fourth-order valence-corrected chi connectivity index (χ4v) is 4.15. The van der Waals surface area contributed by atoms with Gasteiger partial charge in [0, 0.05) is 19.1 Å². The molecule has 1 aliphatic carbocycles. The average Bonchev–Trinajstić information content (AvgIpc) is 3.59. The predicted molar refractivity (Wildman–Crippen MR) is 129 cm³/mol. The van der Waals surface area contributed by atoms with Gasteiger partial charge in [0.15, 0.2) is 0 Å². The Labute approximate surface area is 191 Å². The van der Waals surface area contributed by atoms with Crippen LogP contribution in [0.2, 0.25) is 0 Å². The summed E-state index contributed by atoms with van der Waals surface area (Å²) in [6.07, 6.45) is 5.13. The zero-order valence-corrected chi connectivity index (χ0v) is 19.5. The molecule has 2 aromatic carbocycles. The normalized spacial score (nSPS) is 14.7. The number of aromatic nitrogens is 2. The lowest BCUT2D eigenvalue weighted by Gasteiger charge is -2.25. The molecule has 0 spiro atoms. The standard InChI is InChI=1S/C27H35N3O2/c1-4-5-13-24(31)18-29(22-15-16-22)19-26-21(3)28-30(23-11-7-6-8-12-23)27(26)32-25-14-9-10-20(2)17-25/h6-12,14,17,22,24,31H,4-5,13,15-16,18-19H2,1-3H3. The summed E-state index contributed by atoms with van der Waals surface area (Å²) in [4.78, 5) is 2.42. The lowest BCUT2D eigenvalue weighted by Crippen LogP contribution is -2.34. The van der Waals surface area contributed by atoms with Crippen molar-refractivity contribution in [3.05, 3.63) is 71.4 Å². The summed E-state index contributed by atoms with van der Waals surface area (Å²) >= 11 is 0. The number of ether oxygens (including phenoxy) is 1. The van der Waals surface area contributed by atoms with E-state index in [9.17, 15) is 5.11 Å². The molecule has 1 unspecified atom stereocenters. The average molecular weight is 434 g/mol. The van der Waals surface area contributed by atoms with E-state index in [2.05, 4.69) is 37.8 Å². The minimum absolute atomic E-state index is 0.291. The van der Waals surface area contributed by atoms with E-state index in [1.807, 2.05) is 47.1 Å². The van der Waals surface area contributed by atoms with Crippen molar-refractivity contribution in [3.8, 4) is 17.3 Å². The van der Waals surface area contributed by atoms with Crippen molar-refractivity contribution in [2.45, 2.75) is 71.6 Å². The highest BCUT2D eigenvalue weighted by Gasteiger charge is 2.32. The molecule has 170 valence electrons. The van der Waals surface area contributed by atoms with Gasteiger partial charge in [-0.3, -0.25) is 4.90 Å². The van der Waals surface area contributed by atoms with Crippen molar-refractivity contribution in [1.82, 2.24) is 14.7 Å². The Morgan fingerprint density at radius 3 is 2.59 bits per heavy atom. The zero-order valence-electron chi connectivity index (χ0n) is 19.5. The van der Waals surface area contributed by atoms with E-state index in [1.54, 1.807) is 0 Å². The van der Waals surface area contributed by atoms with E-state index < -0.39 is 0 Å². The van der Waals surface area contributed by atoms with Crippen LogP contribution in [0.4, 0.5) is 0 Å². The van der Waals surface area contributed by atoms with Gasteiger partial charge >= 0.3 is 0 Å². The number of aliphatic hydroxyl groups excluding tert-OH is 1. The Morgan fingerprint density at radius 2 is 1.91 bits per heavy atom. The highest BCUT2D eigenvalue weighted by Crippen LogP contribution is 2.35.